The van der Waals surface area contributed by atoms with E-state index in [9.17, 15) is 22.4 Å². The van der Waals surface area contributed by atoms with Crippen LogP contribution in [0.1, 0.15) is 11.1 Å². The second-order valence-corrected chi connectivity index (χ2v) is 6.91. The molecule has 0 aliphatic carbocycles. The van der Waals surface area contributed by atoms with Gasteiger partial charge < -0.3 is 9.47 Å². The van der Waals surface area contributed by atoms with Crippen LogP contribution in [0.3, 0.4) is 0 Å². The Morgan fingerprint density at radius 1 is 0.786 bits per heavy atom. The third-order valence-corrected chi connectivity index (χ3v) is 4.46. The summed E-state index contributed by atoms with van der Waals surface area (Å²) in [6.45, 7) is -5.86. The molecule has 9 heteroatoms. The molecule has 0 saturated carbocycles. The first kappa shape index (κ1) is 22.2. The van der Waals surface area contributed by atoms with Crippen LogP contribution < -0.4 is 9.47 Å². The highest BCUT2D eigenvalue weighted by Gasteiger charge is 2.09. The highest BCUT2D eigenvalue weighted by atomic mass is 79.9. The number of hydrogen-bond acceptors (Lipinski definition) is 3. The molecule has 0 radical (unpaired) electrons. The molecule has 2 rings (SSSR count). The summed E-state index contributed by atoms with van der Waals surface area (Å²) in [6.07, 6.45) is 5.63. The van der Waals surface area contributed by atoms with Gasteiger partial charge in [-0.2, -0.15) is 17.6 Å². The average molecular weight is 524 g/mol. The molecule has 0 heterocycles. The standard InChI is InChI=1S/C19H12Br2F4O3/c20-14-9-11(3-7-16(14)27-18(22)23)1-5-13(26)6-2-12-4-8-17(15(21)10-12)28-19(24)25/h1-10,18-19H. The van der Waals surface area contributed by atoms with Crippen molar-refractivity contribution < 1.29 is 31.8 Å². The summed E-state index contributed by atoms with van der Waals surface area (Å²) in [5.41, 5.74) is 1.21. The van der Waals surface area contributed by atoms with Crippen LogP contribution in [-0.2, 0) is 4.79 Å². The van der Waals surface area contributed by atoms with Gasteiger partial charge in [-0.25, -0.2) is 0 Å². The van der Waals surface area contributed by atoms with Crippen LogP contribution in [0.15, 0.2) is 57.5 Å². The maximum Gasteiger partial charge on any atom is 0.387 e. The molecular formula is C19H12Br2F4O3. The Morgan fingerprint density at radius 3 is 1.50 bits per heavy atom. The molecule has 148 valence electrons. The molecule has 28 heavy (non-hydrogen) atoms. The molecule has 0 aliphatic heterocycles. The quantitative estimate of drug-likeness (QED) is 0.285. The zero-order chi connectivity index (χ0) is 20.7. The molecule has 0 saturated heterocycles. The van der Waals surface area contributed by atoms with Crippen molar-refractivity contribution in [1.29, 1.82) is 0 Å². The zero-order valence-corrected chi connectivity index (χ0v) is 17.1. The van der Waals surface area contributed by atoms with E-state index >= 15 is 0 Å². The van der Waals surface area contributed by atoms with Crippen LogP contribution in [0.5, 0.6) is 11.5 Å². The number of allylic oxidation sites excluding steroid dienone is 2. The largest absolute Gasteiger partial charge is 0.434 e. The minimum absolute atomic E-state index is 0.0109. The average Bonchev–Trinajstić information content (AvgIpc) is 2.61. The number of alkyl halides is 4. The van der Waals surface area contributed by atoms with Crippen LogP contribution in [0.25, 0.3) is 12.2 Å². The smallest absolute Gasteiger partial charge is 0.387 e. The van der Waals surface area contributed by atoms with Crippen molar-refractivity contribution in [1.82, 2.24) is 0 Å². The van der Waals surface area contributed by atoms with Crippen molar-refractivity contribution in [2.75, 3.05) is 0 Å². The van der Waals surface area contributed by atoms with E-state index in [2.05, 4.69) is 41.3 Å². The molecule has 0 fully saturated rings. The first-order valence-corrected chi connectivity index (χ1v) is 9.22. The summed E-state index contributed by atoms with van der Waals surface area (Å²) in [5.74, 6) is -0.348. The molecule has 3 nitrogen and oxygen atoms in total. The van der Waals surface area contributed by atoms with Crippen LogP contribution in [0.4, 0.5) is 17.6 Å². The fourth-order valence-electron chi connectivity index (χ4n) is 2.04. The fourth-order valence-corrected chi connectivity index (χ4v) is 3.02. The van der Waals surface area contributed by atoms with E-state index in [4.69, 9.17) is 0 Å². The van der Waals surface area contributed by atoms with Crippen LogP contribution in [0.2, 0.25) is 0 Å². The van der Waals surface area contributed by atoms with E-state index in [0.29, 0.717) is 20.1 Å². The molecule has 2 aromatic carbocycles. The van der Waals surface area contributed by atoms with Gasteiger partial charge in [0.25, 0.3) is 0 Å². The lowest BCUT2D eigenvalue weighted by Gasteiger charge is -2.07. The topological polar surface area (TPSA) is 35.5 Å². The van der Waals surface area contributed by atoms with Crippen LogP contribution in [0, 0.1) is 0 Å². The van der Waals surface area contributed by atoms with Gasteiger partial charge in [-0.1, -0.05) is 24.3 Å². The van der Waals surface area contributed by atoms with Crippen LogP contribution in [-0.4, -0.2) is 19.0 Å². The summed E-state index contributed by atoms with van der Waals surface area (Å²) in [4.78, 5) is 11.9. The van der Waals surface area contributed by atoms with E-state index in [0.717, 1.165) is 0 Å². The van der Waals surface area contributed by atoms with Crippen molar-refractivity contribution in [2.24, 2.45) is 0 Å². The molecular weight excluding hydrogens is 512 g/mol. The van der Waals surface area contributed by atoms with E-state index in [-0.39, 0.29) is 17.3 Å². The van der Waals surface area contributed by atoms with Gasteiger partial charge in [0.2, 0.25) is 0 Å². The number of ketones is 1. The SMILES string of the molecule is O=C(C=Cc1ccc(OC(F)F)c(Br)c1)C=Cc1ccc(OC(F)F)c(Br)c1. The number of carbonyl (C=O) groups excluding carboxylic acids is 1. The second kappa shape index (κ2) is 10.4. The molecule has 2 aromatic rings. The fraction of sp³-hybridized carbons (Fsp3) is 0.105. The lowest BCUT2D eigenvalue weighted by molar-refractivity contribution is -0.110. The predicted molar refractivity (Wildman–Crippen MR) is 105 cm³/mol. The molecule has 0 atom stereocenters. The molecule has 0 unspecified atom stereocenters. The molecule has 0 bridgehead atoms. The second-order valence-electron chi connectivity index (χ2n) is 5.21. The Balaban J connectivity index is 2.01. The van der Waals surface area contributed by atoms with Crippen molar-refractivity contribution in [3.63, 3.8) is 0 Å². The van der Waals surface area contributed by atoms with E-state index in [1.54, 1.807) is 0 Å². The molecule has 0 amide bonds. The zero-order valence-electron chi connectivity index (χ0n) is 13.9. The van der Waals surface area contributed by atoms with Gasteiger partial charge in [-0.15, -0.1) is 0 Å². The summed E-state index contributed by atoms with van der Waals surface area (Å²) < 4.78 is 58.2. The first-order valence-electron chi connectivity index (χ1n) is 7.63. The number of rotatable bonds is 8. The minimum atomic E-state index is -2.93. The third-order valence-electron chi connectivity index (χ3n) is 3.22. The van der Waals surface area contributed by atoms with E-state index < -0.39 is 13.2 Å². The van der Waals surface area contributed by atoms with Crippen molar-refractivity contribution in [3.8, 4) is 11.5 Å². The Hall–Kier alpha value is -2.13. The maximum absolute atomic E-state index is 12.2. The van der Waals surface area contributed by atoms with Gasteiger partial charge in [0.1, 0.15) is 11.5 Å². The summed E-state index contributed by atoms with van der Waals surface area (Å²) in [7, 11) is 0. The summed E-state index contributed by atoms with van der Waals surface area (Å²) in [5, 5.41) is 0. The van der Waals surface area contributed by atoms with Gasteiger partial charge in [0.05, 0.1) is 8.95 Å². The first-order chi connectivity index (χ1) is 13.2. The molecule has 0 N–H and O–H groups in total. The monoisotopic (exact) mass is 522 g/mol. The van der Waals surface area contributed by atoms with Crippen molar-refractivity contribution in [3.05, 3.63) is 68.6 Å². The molecule has 0 aromatic heterocycles. The minimum Gasteiger partial charge on any atom is -0.434 e. The Labute approximate surface area is 174 Å². The molecule has 0 spiro atoms. The third kappa shape index (κ3) is 7.12. The van der Waals surface area contributed by atoms with E-state index in [1.807, 2.05) is 0 Å². The van der Waals surface area contributed by atoms with Gasteiger partial charge in [0, 0.05) is 0 Å². The van der Waals surface area contributed by atoms with Gasteiger partial charge in [-0.3, -0.25) is 4.79 Å². The number of halogens is 6. The van der Waals surface area contributed by atoms with Crippen molar-refractivity contribution in [2.45, 2.75) is 13.2 Å². The summed E-state index contributed by atoms with van der Waals surface area (Å²) in [6, 6.07) is 8.82. The highest BCUT2D eigenvalue weighted by molar-refractivity contribution is 9.10. The van der Waals surface area contributed by atoms with Gasteiger partial charge in [0.15, 0.2) is 5.78 Å². The Kier molecular flexibility index (Phi) is 8.25. The van der Waals surface area contributed by atoms with Crippen LogP contribution >= 0.6 is 31.9 Å². The van der Waals surface area contributed by atoms with Crippen molar-refractivity contribution >= 4 is 49.8 Å². The normalized spacial score (nSPS) is 11.7. The lowest BCUT2D eigenvalue weighted by Crippen LogP contribution is -2.02. The highest BCUT2D eigenvalue weighted by Crippen LogP contribution is 2.29. The predicted octanol–water partition coefficient (Wildman–Crippen LogP) is 6.71. The number of benzene rings is 2. The number of ether oxygens (including phenoxy) is 2. The van der Waals surface area contributed by atoms with E-state index in [1.165, 1.54) is 60.7 Å². The Bertz CT molecular complexity index is 827. The summed E-state index contributed by atoms with van der Waals surface area (Å²) >= 11 is 6.24. The number of hydrogen-bond donors (Lipinski definition) is 0. The van der Waals surface area contributed by atoms with Gasteiger partial charge in [-0.05, 0) is 79.4 Å². The lowest BCUT2D eigenvalue weighted by atomic mass is 10.1. The maximum atomic E-state index is 12.2. The number of carbonyl (C=O) groups is 1. The molecule has 0 aliphatic rings. The van der Waals surface area contributed by atoms with Gasteiger partial charge >= 0.3 is 13.2 Å². The Morgan fingerprint density at radius 2 is 1.18 bits per heavy atom.